The molecule has 1 aromatic heterocycles. The lowest BCUT2D eigenvalue weighted by Gasteiger charge is -2.19. The van der Waals surface area contributed by atoms with E-state index in [2.05, 4.69) is 41.6 Å². The fourth-order valence-corrected chi connectivity index (χ4v) is 3.83. The number of unbranched alkanes of at least 4 members (excludes halogenated alkanes) is 1. The van der Waals surface area contributed by atoms with Crippen molar-refractivity contribution < 1.29 is 17.9 Å². The van der Waals surface area contributed by atoms with Crippen LogP contribution in [0.3, 0.4) is 0 Å². The minimum Gasteiger partial charge on any atom is -0.493 e. The first kappa shape index (κ1) is 24.7. The second-order valence-corrected chi connectivity index (χ2v) is 8.90. The Morgan fingerprint density at radius 2 is 1.94 bits per heavy atom. The number of hydrogen-bond acceptors (Lipinski definition) is 4. The molecule has 0 saturated heterocycles. The number of aryl methyl sites for hydroxylation is 1. The number of nitriles is 1. The van der Waals surface area contributed by atoms with E-state index in [1.54, 1.807) is 13.1 Å². The predicted octanol–water partition coefficient (Wildman–Crippen LogP) is 5.89. The Hall–Kier alpha value is -2.60. The normalized spacial score (nSPS) is 13.4. The minimum absolute atomic E-state index is 0.0374. The molecular formula is C22H27F3N4OS. The highest BCUT2D eigenvalue weighted by Crippen LogP contribution is 2.33. The predicted molar refractivity (Wildman–Crippen MR) is 116 cm³/mol. The largest absolute Gasteiger partial charge is 0.493 e. The van der Waals surface area contributed by atoms with Crippen molar-refractivity contribution in [1.82, 2.24) is 3.96 Å². The molecule has 0 atom stereocenters. The third-order valence-corrected chi connectivity index (χ3v) is 5.78. The Bertz CT molecular complexity index is 1040. The van der Waals surface area contributed by atoms with Gasteiger partial charge in [-0.05, 0) is 70.3 Å². The van der Waals surface area contributed by atoms with Gasteiger partial charge in [0.05, 0.1) is 17.7 Å². The zero-order valence-corrected chi connectivity index (χ0v) is 19.2. The summed E-state index contributed by atoms with van der Waals surface area (Å²) in [6, 6.07) is 3.12. The highest BCUT2D eigenvalue weighted by molar-refractivity contribution is 7.04. The number of amidine groups is 1. The van der Waals surface area contributed by atoms with Crippen LogP contribution in [-0.4, -0.2) is 16.4 Å². The molecule has 0 saturated carbocycles. The summed E-state index contributed by atoms with van der Waals surface area (Å²) in [7, 11) is 0. The van der Waals surface area contributed by atoms with Crippen molar-refractivity contribution in [3.63, 3.8) is 0 Å². The summed E-state index contributed by atoms with van der Waals surface area (Å²) in [4.78, 5) is 8.30. The number of benzene rings is 1. The third-order valence-electron chi connectivity index (χ3n) is 4.40. The summed E-state index contributed by atoms with van der Waals surface area (Å²) in [5.41, 5.74) is -0.0276. The molecule has 0 aliphatic rings. The summed E-state index contributed by atoms with van der Waals surface area (Å²) in [5.74, 6) is 0.0984. The molecule has 0 N–H and O–H groups in total. The van der Waals surface area contributed by atoms with E-state index in [4.69, 9.17) is 4.74 Å². The summed E-state index contributed by atoms with van der Waals surface area (Å²) in [6.07, 6.45) is 1.85. The highest BCUT2D eigenvalue weighted by Gasteiger charge is 2.32. The van der Waals surface area contributed by atoms with Crippen LogP contribution in [0.2, 0.25) is 0 Å². The number of halogens is 3. The molecule has 2 rings (SSSR count). The molecule has 5 nitrogen and oxygen atoms in total. The fraction of sp³-hybridized carbons (Fsp3) is 0.500. The molecule has 2 aromatic rings. The van der Waals surface area contributed by atoms with Gasteiger partial charge in [-0.15, -0.1) is 0 Å². The number of alkyl halides is 3. The molecule has 9 heteroatoms. The number of aliphatic imine (C=N–C) groups is 1. The van der Waals surface area contributed by atoms with Crippen LogP contribution >= 0.6 is 11.5 Å². The number of nitrogens with zero attached hydrogens (tertiary/aromatic N) is 4. The molecule has 0 radical (unpaired) electrons. The van der Waals surface area contributed by atoms with E-state index in [1.807, 2.05) is 6.20 Å². The molecule has 0 bridgehead atoms. The molecule has 0 spiro atoms. The summed E-state index contributed by atoms with van der Waals surface area (Å²) in [6.45, 7) is 10.2. The smallest absolute Gasteiger partial charge is 0.416 e. The quantitative estimate of drug-likeness (QED) is 0.311. The monoisotopic (exact) mass is 452 g/mol. The van der Waals surface area contributed by atoms with Crippen molar-refractivity contribution in [3.05, 3.63) is 45.8 Å². The van der Waals surface area contributed by atoms with Crippen molar-refractivity contribution >= 4 is 17.4 Å². The van der Waals surface area contributed by atoms with E-state index in [0.29, 0.717) is 4.67 Å². The SMILES string of the molecule is CCCCc1cn(C(C)(C)C)s/c1=N\C(=N\C#N)c1cc(C(F)(F)F)ccc1OCC. The highest BCUT2D eigenvalue weighted by atomic mass is 32.1. The van der Waals surface area contributed by atoms with Gasteiger partial charge in [0.25, 0.3) is 0 Å². The lowest BCUT2D eigenvalue weighted by Crippen LogP contribution is -2.18. The number of ether oxygens (including phenoxy) is 1. The van der Waals surface area contributed by atoms with Gasteiger partial charge < -0.3 is 4.74 Å². The molecule has 31 heavy (non-hydrogen) atoms. The van der Waals surface area contributed by atoms with E-state index in [9.17, 15) is 18.4 Å². The first-order chi connectivity index (χ1) is 14.5. The van der Waals surface area contributed by atoms with Crippen molar-refractivity contribution in [1.29, 1.82) is 5.26 Å². The van der Waals surface area contributed by atoms with Crippen molar-refractivity contribution in [2.45, 2.75) is 65.6 Å². The maximum Gasteiger partial charge on any atom is 0.416 e. The van der Waals surface area contributed by atoms with E-state index in [0.717, 1.165) is 37.0 Å². The minimum atomic E-state index is -4.54. The molecule has 0 amide bonds. The lowest BCUT2D eigenvalue weighted by atomic mass is 10.1. The molecule has 1 heterocycles. The Morgan fingerprint density at radius 3 is 2.48 bits per heavy atom. The van der Waals surface area contributed by atoms with E-state index < -0.39 is 11.7 Å². The molecular weight excluding hydrogens is 425 g/mol. The number of rotatable bonds is 6. The number of aromatic nitrogens is 1. The summed E-state index contributed by atoms with van der Waals surface area (Å²) < 4.78 is 48.1. The average Bonchev–Trinajstić information content (AvgIpc) is 3.09. The zero-order chi connectivity index (χ0) is 23.2. The molecule has 0 aliphatic carbocycles. The van der Waals surface area contributed by atoms with Crippen molar-refractivity contribution in [2.24, 2.45) is 9.98 Å². The number of hydrogen-bond donors (Lipinski definition) is 0. The van der Waals surface area contributed by atoms with Crippen LogP contribution in [0, 0.1) is 11.5 Å². The fourth-order valence-electron chi connectivity index (χ4n) is 2.79. The summed E-state index contributed by atoms with van der Waals surface area (Å²) >= 11 is 1.39. The second-order valence-electron chi connectivity index (χ2n) is 7.94. The molecule has 0 fully saturated rings. The van der Waals surface area contributed by atoms with Gasteiger partial charge in [0.15, 0.2) is 5.84 Å². The van der Waals surface area contributed by atoms with Gasteiger partial charge in [0.1, 0.15) is 10.4 Å². The van der Waals surface area contributed by atoms with Gasteiger partial charge in [-0.1, -0.05) is 13.3 Å². The molecule has 1 aromatic carbocycles. The van der Waals surface area contributed by atoms with E-state index in [-0.39, 0.29) is 29.3 Å². The Labute approximate surface area is 184 Å². The Kier molecular flexibility index (Phi) is 8.07. The Morgan fingerprint density at radius 1 is 1.23 bits per heavy atom. The first-order valence-electron chi connectivity index (χ1n) is 10.1. The van der Waals surface area contributed by atoms with Crippen LogP contribution in [0.4, 0.5) is 13.2 Å². The standard InChI is InChI=1S/C22H27F3N4OS/c1-6-8-9-15-13-29(21(3,4)5)31-20(15)28-19(27-14-26)17-12-16(22(23,24)25)10-11-18(17)30-7-2/h10-13H,6-9H2,1-5H3/b27-19+,28-20-. The maximum absolute atomic E-state index is 13.3. The zero-order valence-electron chi connectivity index (χ0n) is 18.4. The third kappa shape index (κ3) is 6.44. The molecule has 0 aliphatic heterocycles. The van der Waals surface area contributed by atoms with Gasteiger partial charge in [0, 0.05) is 17.3 Å². The van der Waals surface area contributed by atoms with Crippen molar-refractivity contribution in [3.8, 4) is 11.9 Å². The summed E-state index contributed by atoms with van der Waals surface area (Å²) in [5, 5.41) is 9.21. The van der Waals surface area contributed by atoms with Crippen LogP contribution in [0.25, 0.3) is 0 Å². The van der Waals surface area contributed by atoms with Crippen LogP contribution in [0.15, 0.2) is 34.4 Å². The van der Waals surface area contributed by atoms with Gasteiger partial charge in [-0.25, -0.2) is 4.99 Å². The van der Waals surface area contributed by atoms with Crippen LogP contribution in [0.5, 0.6) is 5.75 Å². The maximum atomic E-state index is 13.3. The average molecular weight is 453 g/mol. The van der Waals surface area contributed by atoms with E-state index in [1.165, 1.54) is 17.6 Å². The van der Waals surface area contributed by atoms with Crippen molar-refractivity contribution in [2.75, 3.05) is 6.61 Å². The molecule has 168 valence electrons. The first-order valence-corrected chi connectivity index (χ1v) is 10.9. The van der Waals surface area contributed by atoms with E-state index >= 15 is 0 Å². The van der Waals surface area contributed by atoms with Gasteiger partial charge in [-0.2, -0.15) is 23.4 Å². The second kappa shape index (κ2) is 10.1. The topological polar surface area (TPSA) is 62.7 Å². The van der Waals surface area contributed by atoms with Crippen LogP contribution in [0.1, 0.15) is 64.2 Å². The molecule has 0 unspecified atom stereocenters. The van der Waals surface area contributed by atoms with Gasteiger partial charge in [-0.3, -0.25) is 3.96 Å². The van der Waals surface area contributed by atoms with Gasteiger partial charge in [0.2, 0.25) is 6.19 Å². The van der Waals surface area contributed by atoms with Gasteiger partial charge >= 0.3 is 6.18 Å². The van der Waals surface area contributed by atoms with Crippen LogP contribution < -0.4 is 9.41 Å². The Balaban J connectivity index is 2.73. The lowest BCUT2D eigenvalue weighted by molar-refractivity contribution is -0.137. The van der Waals surface area contributed by atoms with Crippen LogP contribution in [-0.2, 0) is 18.1 Å².